The summed E-state index contributed by atoms with van der Waals surface area (Å²) in [6.45, 7) is 0. The van der Waals surface area contributed by atoms with Crippen LogP contribution in [-0.2, 0) is 0 Å². The molecule has 0 saturated heterocycles. The van der Waals surface area contributed by atoms with Gasteiger partial charge in [0.15, 0.2) is 0 Å². The summed E-state index contributed by atoms with van der Waals surface area (Å²) in [5.74, 6) is -0.500. The molecule has 3 heterocycles. The molecule has 3 rings (SSSR count). The van der Waals surface area contributed by atoms with E-state index in [9.17, 15) is 4.79 Å². The Labute approximate surface area is 121 Å². The highest BCUT2D eigenvalue weighted by Crippen LogP contribution is 2.27. The van der Waals surface area contributed by atoms with Crippen molar-refractivity contribution in [2.45, 2.75) is 0 Å². The van der Waals surface area contributed by atoms with E-state index in [1.165, 1.54) is 6.20 Å². The number of hydrogen-bond donors (Lipinski definition) is 1. The third kappa shape index (κ3) is 2.62. The lowest BCUT2D eigenvalue weighted by atomic mass is 10.1. The molecule has 0 aliphatic heterocycles. The average molecular weight is 276 g/mol. The molecule has 21 heavy (non-hydrogen) atoms. The number of nitrogens with zero attached hydrogens (tertiary/aromatic N) is 3. The molecule has 0 unspecified atom stereocenters. The molecule has 0 aliphatic rings. The van der Waals surface area contributed by atoms with Crippen molar-refractivity contribution in [3.8, 4) is 22.6 Å². The number of carbonyl (C=O) groups excluding carboxylic acids is 1. The molecule has 0 bridgehead atoms. The quantitative estimate of drug-likeness (QED) is 0.795. The van der Waals surface area contributed by atoms with E-state index in [4.69, 9.17) is 5.73 Å². The van der Waals surface area contributed by atoms with Crippen LogP contribution >= 0.6 is 0 Å². The van der Waals surface area contributed by atoms with Crippen molar-refractivity contribution in [1.29, 1.82) is 0 Å². The largest absolute Gasteiger partial charge is 0.366 e. The number of rotatable bonds is 3. The molecule has 0 fully saturated rings. The smallest absolute Gasteiger partial charge is 0.250 e. The Morgan fingerprint density at radius 3 is 2.38 bits per heavy atom. The van der Waals surface area contributed by atoms with Crippen molar-refractivity contribution in [2.75, 3.05) is 0 Å². The summed E-state index contributed by atoms with van der Waals surface area (Å²) < 4.78 is 0. The Bertz CT molecular complexity index is 770. The molecule has 5 nitrogen and oxygen atoms in total. The van der Waals surface area contributed by atoms with Gasteiger partial charge in [-0.25, -0.2) is 0 Å². The molecule has 102 valence electrons. The zero-order valence-electron chi connectivity index (χ0n) is 11.1. The Balaban J connectivity index is 2.09. The van der Waals surface area contributed by atoms with Gasteiger partial charge in [0.25, 0.3) is 0 Å². The predicted octanol–water partition coefficient (Wildman–Crippen LogP) is 2.30. The zero-order valence-corrected chi connectivity index (χ0v) is 11.1. The first-order valence-electron chi connectivity index (χ1n) is 6.38. The highest BCUT2D eigenvalue weighted by Gasteiger charge is 2.11. The van der Waals surface area contributed by atoms with Crippen LogP contribution in [0.15, 0.2) is 61.1 Å². The van der Waals surface area contributed by atoms with Crippen molar-refractivity contribution in [2.24, 2.45) is 5.73 Å². The molecule has 0 aromatic carbocycles. The lowest BCUT2D eigenvalue weighted by Gasteiger charge is -2.07. The second-order valence-corrected chi connectivity index (χ2v) is 4.41. The molecule has 3 aromatic rings. The summed E-state index contributed by atoms with van der Waals surface area (Å²) in [5, 5.41) is 0. The van der Waals surface area contributed by atoms with E-state index in [-0.39, 0.29) is 0 Å². The minimum atomic E-state index is -0.500. The number of aromatic nitrogens is 3. The zero-order chi connectivity index (χ0) is 14.7. The molecule has 0 aliphatic carbocycles. The number of carbonyl (C=O) groups is 1. The number of primary amides is 1. The van der Waals surface area contributed by atoms with Gasteiger partial charge < -0.3 is 5.73 Å². The third-order valence-corrected chi connectivity index (χ3v) is 3.04. The minimum absolute atomic E-state index is 0.370. The Morgan fingerprint density at radius 2 is 1.71 bits per heavy atom. The van der Waals surface area contributed by atoms with Crippen molar-refractivity contribution < 1.29 is 4.79 Å². The van der Waals surface area contributed by atoms with E-state index < -0.39 is 5.91 Å². The number of amides is 1. The fraction of sp³-hybridized carbons (Fsp3) is 0. The van der Waals surface area contributed by atoms with E-state index >= 15 is 0 Å². The number of pyridine rings is 3. The van der Waals surface area contributed by atoms with Gasteiger partial charge in [0, 0.05) is 24.2 Å². The monoisotopic (exact) mass is 276 g/mol. The summed E-state index contributed by atoms with van der Waals surface area (Å²) in [6, 6.07) is 12.9. The van der Waals surface area contributed by atoms with Gasteiger partial charge in [-0.15, -0.1) is 0 Å². The lowest BCUT2D eigenvalue weighted by molar-refractivity contribution is 0.1000. The van der Waals surface area contributed by atoms with Gasteiger partial charge in [-0.2, -0.15) is 0 Å². The highest BCUT2D eigenvalue weighted by molar-refractivity contribution is 5.92. The third-order valence-electron chi connectivity index (χ3n) is 3.04. The standard InChI is InChI=1S/C16H12N4O/c17-16(21)11-6-7-14(20-10-11)15-12(4-3-9-19-15)13-5-1-2-8-18-13/h1-10H,(H2,17,21). The molecule has 2 N–H and O–H groups in total. The summed E-state index contributed by atoms with van der Waals surface area (Å²) in [6.07, 6.45) is 4.88. The van der Waals surface area contributed by atoms with E-state index in [1.807, 2.05) is 30.3 Å². The van der Waals surface area contributed by atoms with Crippen LogP contribution in [0, 0.1) is 0 Å². The van der Waals surface area contributed by atoms with Gasteiger partial charge in [0.1, 0.15) is 0 Å². The first kappa shape index (κ1) is 12.9. The van der Waals surface area contributed by atoms with Crippen molar-refractivity contribution in [3.05, 3.63) is 66.6 Å². The van der Waals surface area contributed by atoms with Crippen molar-refractivity contribution >= 4 is 5.91 Å². The topological polar surface area (TPSA) is 81.8 Å². The van der Waals surface area contributed by atoms with Gasteiger partial charge in [0.05, 0.1) is 22.6 Å². The van der Waals surface area contributed by atoms with Gasteiger partial charge >= 0.3 is 0 Å². The van der Waals surface area contributed by atoms with Gasteiger partial charge in [-0.3, -0.25) is 19.7 Å². The molecular formula is C16H12N4O. The van der Waals surface area contributed by atoms with Crippen LogP contribution in [0.4, 0.5) is 0 Å². The predicted molar refractivity (Wildman–Crippen MR) is 79.2 cm³/mol. The average Bonchev–Trinajstić information content (AvgIpc) is 2.56. The molecule has 0 spiro atoms. The lowest BCUT2D eigenvalue weighted by Crippen LogP contribution is -2.11. The maximum Gasteiger partial charge on any atom is 0.250 e. The van der Waals surface area contributed by atoms with Crippen LogP contribution in [0.1, 0.15) is 10.4 Å². The number of hydrogen-bond acceptors (Lipinski definition) is 4. The summed E-state index contributed by atoms with van der Waals surface area (Å²) in [4.78, 5) is 24.1. The second kappa shape index (κ2) is 5.50. The Hall–Kier alpha value is -3.08. The Kier molecular flexibility index (Phi) is 3.39. The van der Waals surface area contributed by atoms with E-state index in [0.29, 0.717) is 17.0 Å². The highest BCUT2D eigenvalue weighted by atomic mass is 16.1. The van der Waals surface area contributed by atoms with Crippen LogP contribution in [0.2, 0.25) is 0 Å². The molecule has 0 radical (unpaired) electrons. The fourth-order valence-electron chi connectivity index (χ4n) is 2.02. The van der Waals surface area contributed by atoms with Crippen molar-refractivity contribution in [3.63, 3.8) is 0 Å². The fourth-order valence-corrected chi connectivity index (χ4v) is 2.02. The summed E-state index contributed by atoms with van der Waals surface area (Å²) in [5.41, 5.74) is 8.68. The van der Waals surface area contributed by atoms with E-state index in [0.717, 1.165) is 11.3 Å². The maximum absolute atomic E-state index is 11.1. The van der Waals surface area contributed by atoms with Crippen LogP contribution < -0.4 is 5.73 Å². The maximum atomic E-state index is 11.1. The van der Waals surface area contributed by atoms with Gasteiger partial charge in [-0.1, -0.05) is 6.07 Å². The normalized spacial score (nSPS) is 10.3. The van der Waals surface area contributed by atoms with E-state index in [2.05, 4.69) is 15.0 Å². The van der Waals surface area contributed by atoms with Crippen LogP contribution in [0.25, 0.3) is 22.6 Å². The molecule has 0 saturated carbocycles. The molecule has 5 heteroatoms. The summed E-state index contributed by atoms with van der Waals surface area (Å²) >= 11 is 0. The van der Waals surface area contributed by atoms with Crippen LogP contribution in [0.5, 0.6) is 0 Å². The molecule has 0 atom stereocenters. The first-order chi connectivity index (χ1) is 10.3. The van der Waals surface area contributed by atoms with Gasteiger partial charge in [0.2, 0.25) is 5.91 Å². The summed E-state index contributed by atoms with van der Waals surface area (Å²) in [7, 11) is 0. The number of nitrogens with two attached hydrogens (primary N) is 1. The molecular weight excluding hydrogens is 264 g/mol. The van der Waals surface area contributed by atoms with Crippen molar-refractivity contribution in [1.82, 2.24) is 15.0 Å². The van der Waals surface area contributed by atoms with Gasteiger partial charge in [-0.05, 0) is 36.4 Å². The minimum Gasteiger partial charge on any atom is -0.366 e. The second-order valence-electron chi connectivity index (χ2n) is 4.41. The SMILES string of the molecule is NC(=O)c1ccc(-c2ncccc2-c2ccccn2)nc1. The van der Waals surface area contributed by atoms with E-state index in [1.54, 1.807) is 24.5 Å². The Morgan fingerprint density at radius 1 is 0.857 bits per heavy atom. The molecule has 3 aromatic heterocycles. The first-order valence-corrected chi connectivity index (χ1v) is 6.38. The molecule has 1 amide bonds. The van der Waals surface area contributed by atoms with Crippen LogP contribution in [-0.4, -0.2) is 20.9 Å². The van der Waals surface area contributed by atoms with Crippen LogP contribution in [0.3, 0.4) is 0 Å².